The fourth-order valence-corrected chi connectivity index (χ4v) is 5.01. The van der Waals surface area contributed by atoms with Gasteiger partial charge < -0.3 is 4.57 Å². The lowest BCUT2D eigenvalue weighted by molar-refractivity contribution is 0.102. The molecule has 0 radical (unpaired) electrons. The maximum absolute atomic E-state index is 12.7. The number of allylic oxidation sites excluding steroid dienone is 1. The van der Waals surface area contributed by atoms with Gasteiger partial charge in [0, 0.05) is 12.1 Å². The van der Waals surface area contributed by atoms with Gasteiger partial charge in [0.25, 0.3) is 0 Å². The summed E-state index contributed by atoms with van der Waals surface area (Å²) >= 11 is 1.24. The lowest BCUT2D eigenvalue weighted by Gasteiger charge is -2.09. The Labute approximate surface area is 181 Å². The van der Waals surface area contributed by atoms with Crippen LogP contribution < -0.4 is 0 Å². The van der Waals surface area contributed by atoms with Crippen LogP contribution in [0.15, 0.2) is 71.2 Å². The molecule has 0 N–H and O–H groups in total. The van der Waals surface area contributed by atoms with Gasteiger partial charge in [-0.2, -0.15) is 0 Å². The van der Waals surface area contributed by atoms with Crippen LogP contribution in [0.3, 0.4) is 0 Å². The van der Waals surface area contributed by atoms with Crippen LogP contribution in [0.25, 0.3) is 0 Å². The Morgan fingerprint density at radius 1 is 1.10 bits per heavy atom. The summed E-state index contributed by atoms with van der Waals surface area (Å²) in [6, 6.07) is 13.9. The highest BCUT2D eigenvalue weighted by molar-refractivity contribution is 7.99. The van der Waals surface area contributed by atoms with E-state index in [0.717, 1.165) is 11.1 Å². The number of sulfone groups is 1. The molecule has 0 atom stereocenters. The normalized spacial score (nSPS) is 11.4. The van der Waals surface area contributed by atoms with Crippen molar-refractivity contribution in [3.63, 3.8) is 0 Å². The monoisotopic (exact) mass is 441 g/mol. The van der Waals surface area contributed by atoms with Crippen molar-refractivity contribution in [2.45, 2.75) is 36.2 Å². The second-order valence-electron chi connectivity index (χ2n) is 6.88. The Bertz CT molecular complexity index is 1170. The highest BCUT2D eigenvalue weighted by atomic mass is 32.2. The number of aryl methyl sites for hydroxylation is 2. The molecule has 0 amide bonds. The first-order valence-corrected chi connectivity index (χ1v) is 12.0. The van der Waals surface area contributed by atoms with Gasteiger partial charge in [-0.25, -0.2) is 8.42 Å². The molecule has 6 nitrogen and oxygen atoms in total. The van der Waals surface area contributed by atoms with Crippen LogP contribution in [-0.4, -0.2) is 34.7 Å². The maximum Gasteiger partial charge on any atom is 0.191 e. The number of Topliss-reactive ketones (excluding diaryl/α,β-unsaturated/α-hetero) is 1. The minimum atomic E-state index is -3.56. The molecule has 0 aliphatic heterocycles. The average Bonchev–Trinajstić information content (AvgIpc) is 3.10. The quantitative estimate of drug-likeness (QED) is 0.283. The minimum absolute atomic E-state index is 0.0188. The van der Waals surface area contributed by atoms with E-state index in [1.54, 1.807) is 41.0 Å². The van der Waals surface area contributed by atoms with Crippen LogP contribution in [0.2, 0.25) is 0 Å². The van der Waals surface area contributed by atoms with E-state index in [0.29, 0.717) is 23.1 Å². The molecule has 1 heterocycles. The molecule has 0 aliphatic rings. The molecule has 0 unspecified atom stereocenters. The van der Waals surface area contributed by atoms with Crippen LogP contribution in [0.1, 0.15) is 27.3 Å². The predicted molar refractivity (Wildman–Crippen MR) is 119 cm³/mol. The molecular weight excluding hydrogens is 418 g/mol. The topological polar surface area (TPSA) is 81.9 Å². The first-order chi connectivity index (χ1) is 14.3. The predicted octanol–water partition coefficient (Wildman–Crippen LogP) is 4.03. The smallest absolute Gasteiger partial charge is 0.191 e. The Kier molecular flexibility index (Phi) is 6.89. The number of ketones is 1. The van der Waals surface area contributed by atoms with E-state index in [1.807, 2.05) is 32.0 Å². The Morgan fingerprint density at radius 3 is 2.50 bits per heavy atom. The van der Waals surface area contributed by atoms with Crippen molar-refractivity contribution in [1.82, 2.24) is 14.8 Å². The van der Waals surface area contributed by atoms with Gasteiger partial charge in [0.05, 0.1) is 10.6 Å². The molecule has 0 fully saturated rings. The van der Waals surface area contributed by atoms with Crippen molar-refractivity contribution >= 4 is 27.4 Å². The summed E-state index contributed by atoms with van der Waals surface area (Å²) in [6.45, 7) is 8.06. The molecule has 0 spiro atoms. The van der Waals surface area contributed by atoms with Gasteiger partial charge in [-0.05, 0) is 43.2 Å². The summed E-state index contributed by atoms with van der Waals surface area (Å²) in [5.74, 6) is 0.210. The second-order valence-corrected chi connectivity index (χ2v) is 9.81. The molecule has 0 aliphatic carbocycles. The van der Waals surface area contributed by atoms with Crippen molar-refractivity contribution in [2.24, 2.45) is 0 Å². The van der Waals surface area contributed by atoms with Crippen LogP contribution in [0.4, 0.5) is 0 Å². The third-order valence-electron chi connectivity index (χ3n) is 4.69. The molecule has 30 heavy (non-hydrogen) atoms. The number of benzene rings is 2. The SMILES string of the molecule is C=CCn1c(CS(=O)(=O)c2ccccc2)nnc1SCC(=O)c1ccc(C)c(C)c1. The van der Waals surface area contributed by atoms with E-state index in [9.17, 15) is 13.2 Å². The molecule has 0 saturated heterocycles. The van der Waals surface area contributed by atoms with Crippen LogP contribution in [0, 0.1) is 13.8 Å². The molecule has 1 aromatic heterocycles. The Balaban J connectivity index is 1.78. The minimum Gasteiger partial charge on any atom is -0.301 e. The van der Waals surface area contributed by atoms with Crippen LogP contribution in [-0.2, 0) is 22.1 Å². The van der Waals surface area contributed by atoms with Crippen molar-refractivity contribution in [1.29, 1.82) is 0 Å². The van der Waals surface area contributed by atoms with Gasteiger partial charge in [-0.15, -0.1) is 16.8 Å². The van der Waals surface area contributed by atoms with Gasteiger partial charge in [0.15, 0.2) is 20.8 Å². The lowest BCUT2D eigenvalue weighted by atomic mass is 10.0. The van der Waals surface area contributed by atoms with Gasteiger partial charge in [-0.3, -0.25) is 4.79 Å². The number of nitrogens with zero attached hydrogens (tertiary/aromatic N) is 3. The van der Waals surface area contributed by atoms with Crippen LogP contribution >= 0.6 is 11.8 Å². The number of carbonyl (C=O) groups is 1. The highest BCUT2D eigenvalue weighted by Gasteiger charge is 2.21. The van der Waals surface area contributed by atoms with E-state index >= 15 is 0 Å². The molecule has 8 heteroatoms. The third-order valence-corrected chi connectivity index (χ3v) is 7.28. The van der Waals surface area contributed by atoms with Gasteiger partial charge in [-0.1, -0.05) is 48.2 Å². The molecule has 156 valence electrons. The zero-order valence-electron chi connectivity index (χ0n) is 16.9. The summed E-state index contributed by atoms with van der Waals surface area (Å²) < 4.78 is 27.1. The van der Waals surface area contributed by atoms with E-state index in [1.165, 1.54) is 11.8 Å². The van der Waals surface area contributed by atoms with Gasteiger partial charge in [0.2, 0.25) is 0 Å². The van der Waals surface area contributed by atoms with Gasteiger partial charge >= 0.3 is 0 Å². The third kappa shape index (κ3) is 5.06. The summed E-state index contributed by atoms with van der Waals surface area (Å²) in [4.78, 5) is 12.8. The maximum atomic E-state index is 12.7. The highest BCUT2D eigenvalue weighted by Crippen LogP contribution is 2.22. The van der Waals surface area contributed by atoms with Crippen molar-refractivity contribution in [3.05, 3.63) is 83.7 Å². The van der Waals surface area contributed by atoms with E-state index in [2.05, 4.69) is 16.8 Å². The van der Waals surface area contributed by atoms with E-state index in [-0.39, 0.29) is 22.2 Å². The van der Waals surface area contributed by atoms with Gasteiger partial charge in [0.1, 0.15) is 11.6 Å². The van der Waals surface area contributed by atoms with Crippen molar-refractivity contribution in [3.8, 4) is 0 Å². The summed E-state index contributed by atoms with van der Waals surface area (Å²) in [5, 5.41) is 8.69. The lowest BCUT2D eigenvalue weighted by Crippen LogP contribution is -2.12. The van der Waals surface area contributed by atoms with Crippen molar-refractivity contribution < 1.29 is 13.2 Å². The molecule has 2 aromatic carbocycles. The molecule has 0 bridgehead atoms. The van der Waals surface area contributed by atoms with Crippen molar-refractivity contribution in [2.75, 3.05) is 5.75 Å². The average molecular weight is 442 g/mol. The standard InChI is InChI=1S/C22H23N3O3S2/c1-4-12-25-21(15-30(27,28)19-8-6-5-7-9-19)23-24-22(25)29-14-20(26)18-11-10-16(2)17(3)13-18/h4-11,13H,1,12,14-15H2,2-3H3. The fraction of sp³-hybridized carbons (Fsp3) is 0.227. The number of rotatable bonds is 9. The summed E-state index contributed by atoms with van der Waals surface area (Å²) in [7, 11) is -3.56. The first-order valence-electron chi connectivity index (χ1n) is 9.36. The second kappa shape index (κ2) is 9.40. The summed E-state index contributed by atoms with van der Waals surface area (Å²) in [5.41, 5.74) is 2.84. The molecule has 3 aromatic rings. The number of hydrogen-bond donors (Lipinski definition) is 0. The van der Waals surface area contributed by atoms with Crippen LogP contribution in [0.5, 0.6) is 0 Å². The Morgan fingerprint density at radius 2 is 1.83 bits per heavy atom. The first kappa shape index (κ1) is 22.0. The Hall–Kier alpha value is -2.71. The molecule has 3 rings (SSSR count). The molecular formula is C22H23N3O3S2. The zero-order valence-corrected chi connectivity index (χ0v) is 18.5. The van der Waals surface area contributed by atoms with E-state index in [4.69, 9.17) is 0 Å². The number of carbonyl (C=O) groups excluding carboxylic acids is 1. The molecule has 0 saturated carbocycles. The number of hydrogen-bond acceptors (Lipinski definition) is 6. The number of aromatic nitrogens is 3. The fourth-order valence-electron chi connectivity index (χ4n) is 2.85. The zero-order chi connectivity index (χ0) is 21.7. The van der Waals surface area contributed by atoms with E-state index < -0.39 is 9.84 Å². The summed E-state index contributed by atoms with van der Waals surface area (Å²) in [6.07, 6.45) is 1.65. The number of thioether (sulfide) groups is 1. The largest absolute Gasteiger partial charge is 0.301 e.